The van der Waals surface area contributed by atoms with E-state index in [1.807, 2.05) is 6.08 Å². The Morgan fingerprint density at radius 2 is 2.35 bits per heavy atom. The molecule has 0 unspecified atom stereocenters. The molecule has 0 fully saturated rings. The molecule has 90 valence electrons. The van der Waals surface area contributed by atoms with E-state index >= 15 is 0 Å². The number of allylic oxidation sites excluding steroid dienone is 2. The summed E-state index contributed by atoms with van der Waals surface area (Å²) in [4.78, 5) is 22.4. The highest BCUT2D eigenvalue weighted by Gasteiger charge is 2.14. The van der Waals surface area contributed by atoms with E-state index in [1.165, 1.54) is 12.3 Å². The molecule has 0 saturated carbocycles. The van der Waals surface area contributed by atoms with Crippen molar-refractivity contribution >= 4 is 11.7 Å². The predicted octanol–water partition coefficient (Wildman–Crippen LogP) is 2.20. The molecule has 0 aliphatic rings. The zero-order chi connectivity index (χ0) is 12.5. The molecule has 0 aliphatic carbocycles. The molecule has 1 rings (SSSR count). The van der Waals surface area contributed by atoms with Gasteiger partial charge < -0.3 is 9.15 Å². The second-order valence-electron chi connectivity index (χ2n) is 3.34. The number of rotatable bonds is 7. The lowest BCUT2D eigenvalue weighted by Crippen LogP contribution is -2.02. The minimum atomic E-state index is -0.415. The summed E-state index contributed by atoms with van der Waals surface area (Å²) in [6.07, 6.45) is 6.00. The van der Waals surface area contributed by atoms with Gasteiger partial charge in [-0.15, -0.1) is 0 Å². The Morgan fingerprint density at radius 1 is 1.53 bits per heavy atom. The van der Waals surface area contributed by atoms with Gasteiger partial charge in [-0.25, -0.2) is 4.79 Å². The molecular weight excluding hydrogens is 220 g/mol. The Hall–Kier alpha value is -1.90. The largest absolute Gasteiger partial charge is 0.461 e. The molecule has 0 aliphatic heterocycles. The standard InChI is InChI=1S/C13H14O4/c1-16-8-4-2-3-6-11(10-14)13(15)12-7-5-9-17-12/h2-3,5,7,9H,4,6,8H2,1H3/b3-2-. The molecule has 0 saturated heterocycles. The Balaban J connectivity index is 2.53. The van der Waals surface area contributed by atoms with Gasteiger partial charge >= 0.3 is 0 Å². The van der Waals surface area contributed by atoms with Crippen LogP contribution in [0, 0.1) is 0 Å². The molecule has 0 atom stereocenters. The highest BCUT2D eigenvalue weighted by atomic mass is 16.5. The third-order valence-corrected chi connectivity index (χ3v) is 2.12. The van der Waals surface area contributed by atoms with Gasteiger partial charge in [0.15, 0.2) is 5.76 Å². The number of hydrogen-bond acceptors (Lipinski definition) is 4. The number of carbonyl (C=O) groups excluding carboxylic acids is 2. The third-order valence-electron chi connectivity index (χ3n) is 2.12. The summed E-state index contributed by atoms with van der Waals surface area (Å²) in [5.41, 5.74) is 0.0635. The summed E-state index contributed by atoms with van der Waals surface area (Å²) in [5.74, 6) is 1.40. The molecule has 0 radical (unpaired) electrons. The van der Waals surface area contributed by atoms with Crippen molar-refractivity contribution in [3.05, 3.63) is 41.9 Å². The first kappa shape index (κ1) is 13.2. The summed E-state index contributed by atoms with van der Waals surface area (Å²) >= 11 is 0. The van der Waals surface area contributed by atoms with Crippen molar-refractivity contribution in [2.75, 3.05) is 13.7 Å². The normalized spacial score (nSPS) is 10.4. The lowest BCUT2D eigenvalue weighted by molar-refractivity contribution is 0.100. The summed E-state index contributed by atoms with van der Waals surface area (Å²) < 4.78 is 9.79. The number of furan rings is 1. The Bertz CT molecular complexity index is 422. The van der Waals surface area contributed by atoms with Gasteiger partial charge in [-0.2, -0.15) is 0 Å². The van der Waals surface area contributed by atoms with Gasteiger partial charge in [0.2, 0.25) is 5.78 Å². The molecule has 4 nitrogen and oxygen atoms in total. The highest BCUT2D eigenvalue weighted by molar-refractivity contribution is 6.11. The van der Waals surface area contributed by atoms with Crippen LogP contribution < -0.4 is 0 Å². The first-order chi connectivity index (χ1) is 8.29. The summed E-state index contributed by atoms with van der Waals surface area (Å²) in [5, 5.41) is 0. The van der Waals surface area contributed by atoms with Crippen LogP contribution in [0.15, 0.2) is 40.5 Å². The van der Waals surface area contributed by atoms with E-state index in [1.54, 1.807) is 25.2 Å². The van der Waals surface area contributed by atoms with Crippen LogP contribution in [0.3, 0.4) is 0 Å². The number of Topliss-reactive ketones (excluding diaryl/α,β-unsaturated/α-hetero) is 1. The van der Waals surface area contributed by atoms with Gasteiger partial charge in [-0.3, -0.25) is 4.79 Å². The molecule has 0 spiro atoms. The van der Waals surface area contributed by atoms with Crippen molar-refractivity contribution < 1.29 is 18.7 Å². The minimum absolute atomic E-state index is 0.0635. The van der Waals surface area contributed by atoms with Crippen molar-refractivity contribution in [3.63, 3.8) is 0 Å². The fraction of sp³-hybridized carbons (Fsp3) is 0.308. The summed E-state index contributed by atoms with van der Waals surface area (Å²) in [6, 6.07) is 3.12. The SMILES string of the molecule is COCC/C=C\CC(=C=O)C(=O)c1ccco1. The number of carbonyl (C=O) groups is 1. The first-order valence-corrected chi connectivity index (χ1v) is 5.25. The average Bonchev–Trinajstić information content (AvgIpc) is 2.87. The molecule has 0 bridgehead atoms. The molecular formula is C13H14O4. The molecule has 1 aromatic rings. The molecule has 0 N–H and O–H groups in total. The monoisotopic (exact) mass is 234 g/mol. The molecule has 1 heterocycles. The van der Waals surface area contributed by atoms with Crippen LogP contribution in [0.4, 0.5) is 0 Å². The maximum absolute atomic E-state index is 11.7. The third kappa shape index (κ3) is 4.23. The van der Waals surface area contributed by atoms with Gasteiger partial charge in [-0.05, 0) is 18.6 Å². The van der Waals surface area contributed by atoms with Gasteiger partial charge in [0.1, 0.15) is 5.94 Å². The minimum Gasteiger partial charge on any atom is -0.461 e. The zero-order valence-electron chi connectivity index (χ0n) is 9.64. The first-order valence-electron chi connectivity index (χ1n) is 5.25. The fourth-order valence-electron chi connectivity index (χ4n) is 1.24. The second kappa shape index (κ2) is 7.39. The molecule has 4 heteroatoms. The Kier molecular flexibility index (Phi) is 5.72. The maximum atomic E-state index is 11.7. The van der Waals surface area contributed by atoms with E-state index in [2.05, 4.69) is 0 Å². The Labute approximate surface area is 99.6 Å². The van der Waals surface area contributed by atoms with Crippen LogP contribution in [0.5, 0.6) is 0 Å². The number of methoxy groups -OCH3 is 1. The van der Waals surface area contributed by atoms with E-state index in [0.29, 0.717) is 6.61 Å². The highest BCUT2D eigenvalue weighted by Crippen LogP contribution is 2.10. The number of ether oxygens (including phenoxy) is 1. The number of ketones is 1. The predicted molar refractivity (Wildman–Crippen MR) is 62.5 cm³/mol. The van der Waals surface area contributed by atoms with Gasteiger partial charge in [0, 0.05) is 20.1 Å². The van der Waals surface area contributed by atoms with Crippen molar-refractivity contribution in [2.24, 2.45) is 0 Å². The van der Waals surface area contributed by atoms with Crippen LogP contribution in [0.25, 0.3) is 0 Å². The maximum Gasteiger partial charge on any atom is 0.235 e. The Morgan fingerprint density at radius 3 is 2.94 bits per heavy atom. The van der Waals surface area contributed by atoms with E-state index in [0.717, 1.165) is 6.42 Å². The molecule has 1 aromatic heterocycles. The topological polar surface area (TPSA) is 56.5 Å². The van der Waals surface area contributed by atoms with E-state index in [4.69, 9.17) is 9.15 Å². The van der Waals surface area contributed by atoms with Crippen LogP contribution in [-0.4, -0.2) is 25.4 Å². The quantitative estimate of drug-likeness (QED) is 0.238. The number of hydrogen-bond donors (Lipinski definition) is 0. The van der Waals surface area contributed by atoms with Crippen molar-refractivity contribution in [1.29, 1.82) is 0 Å². The lowest BCUT2D eigenvalue weighted by Gasteiger charge is -1.96. The molecule has 0 aromatic carbocycles. The van der Waals surface area contributed by atoms with Crippen LogP contribution >= 0.6 is 0 Å². The van der Waals surface area contributed by atoms with Gasteiger partial charge in [0.25, 0.3) is 0 Å². The van der Waals surface area contributed by atoms with Crippen LogP contribution in [0.1, 0.15) is 23.4 Å². The van der Waals surface area contributed by atoms with E-state index in [-0.39, 0.29) is 17.8 Å². The zero-order valence-corrected chi connectivity index (χ0v) is 9.64. The average molecular weight is 234 g/mol. The van der Waals surface area contributed by atoms with Crippen molar-refractivity contribution in [2.45, 2.75) is 12.8 Å². The van der Waals surface area contributed by atoms with Gasteiger partial charge in [0.05, 0.1) is 11.8 Å². The van der Waals surface area contributed by atoms with Crippen LogP contribution in [-0.2, 0) is 9.53 Å². The van der Waals surface area contributed by atoms with E-state index in [9.17, 15) is 9.59 Å². The lowest BCUT2D eigenvalue weighted by atomic mass is 10.1. The van der Waals surface area contributed by atoms with E-state index < -0.39 is 5.78 Å². The summed E-state index contributed by atoms with van der Waals surface area (Å²) in [6.45, 7) is 0.614. The van der Waals surface area contributed by atoms with Crippen LogP contribution in [0.2, 0.25) is 0 Å². The van der Waals surface area contributed by atoms with Gasteiger partial charge in [-0.1, -0.05) is 12.2 Å². The fourth-order valence-corrected chi connectivity index (χ4v) is 1.24. The smallest absolute Gasteiger partial charge is 0.235 e. The molecule has 17 heavy (non-hydrogen) atoms. The second-order valence-corrected chi connectivity index (χ2v) is 3.34. The molecule has 0 amide bonds. The van der Waals surface area contributed by atoms with Crippen molar-refractivity contribution in [1.82, 2.24) is 0 Å². The summed E-state index contributed by atoms with van der Waals surface area (Å²) in [7, 11) is 1.62. The van der Waals surface area contributed by atoms with Crippen molar-refractivity contribution in [3.8, 4) is 0 Å².